The largest absolute Gasteiger partial charge is 0.446 e. The van der Waals surface area contributed by atoms with Crippen LogP contribution in [0.15, 0.2) is 78.9 Å². The minimum Gasteiger partial charge on any atom is -0.446 e. The Morgan fingerprint density at radius 3 is 2.03 bits per heavy atom. The van der Waals surface area contributed by atoms with Crippen molar-refractivity contribution in [2.24, 2.45) is 0 Å². The van der Waals surface area contributed by atoms with E-state index in [-0.39, 0.29) is 0 Å². The van der Waals surface area contributed by atoms with Crippen molar-refractivity contribution in [3.63, 3.8) is 0 Å². The van der Waals surface area contributed by atoms with E-state index in [4.69, 9.17) is 27.9 Å². The van der Waals surface area contributed by atoms with E-state index in [1.807, 2.05) is 0 Å². The van der Waals surface area contributed by atoms with Gasteiger partial charge in [0, 0.05) is 26.9 Å². The zero-order valence-electron chi connectivity index (χ0n) is 16.2. The maximum absolute atomic E-state index is 12.9. The first-order valence-corrected chi connectivity index (χ1v) is 10.0. The molecule has 0 saturated carbocycles. The topological polar surface area (TPSA) is 84.5 Å². The van der Waals surface area contributed by atoms with Crippen LogP contribution >= 0.6 is 23.2 Å². The summed E-state index contributed by atoms with van der Waals surface area (Å²) in [6, 6.07) is 21.6. The Labute approximate surface area is 189 Å². The first-order chi connectivity index (χ1) is 14.9. The van der Waals surface area contributed by atoms with E-state index < -0.39 is 30.4 Å². The van der Waals surface area contributed by atoms with Crippen LogP contribution < -0.4 is 10.6 Å². The molecule has 8 heteroatoms. The second-order valence-electron chi connectivity index (χ2n) is 6.48. The van der Waals surface area contributed by atoms with E-state index in [9.17, 15) is 14.4 Å². The maximum atomic E-state index is 12.9. The van der Waals surface area contributed by atoms with Crippen molar-refractivity contribution in [2.45, 2.75) is 6.10 Å². The maximum Gasteiger partial charge on any atom is 0.326 e. The van der Waals surface area contributed by atoms with Crippen LogP contribution in [-0.4, -0.2) is 24.3 Å². The average molecular weight is 457 g/mol. The van der Waals surface area contributed by atoms with Gasteiger partial charge in [-0.05, 0) is 30.3 Å². The molecule has 1 atom stereocenters. The molecule has 158 valence electrons. The number of benzene rings is 3. The van der Waals surface area contributed by atoms with Crippen molar-refractivity contribution >= 4 is 46.7 Å². The molecule has 2 amide bonds. The molecule has 31 heavy (non-hydrogen) atoms. The zero-order chi connectivity index (χ0) is 22.2. The Bertz CT molecular complexity index is 1060. The van der Waals surface area contributed by atoms with Crippen LogP contribution in [0.1, 0.15) is 22.0 Å². The third-order valence-electron chi connectivity index (χ3n) is 4.15. The quantitative estimate of drug-likeness (QED) is 0.506. The first-order valence-electron chi connectivity index (χ1n) is 9.27. The molecule has 0 aliphatic rings. The van der Waals surface area contributed by atoms with Gasteiger partial charge in [0.05, 0.1) is 0 Å². The molecule has 3 rings (SSSR count). The molecule has 0 radical (unpaired) electrons. The van der Waals surface area contributed by atoms with E-state index in [1.54, 1.807) is 60.7 Å². The van der Waals surface area contributed by atoms with E-state index in [1.165, 1.54) is 18.2 Å². The normalized spacial score (nSPS) is 11.3. The van der Waals surface area contributed by atoms with Crippen molar-refractivity contribution < 1.29 is 19.1 Å². The van der Waals surface area contributed by atoms with Crippen LogP contribution in [0, 0.1) is 0 Å². The van der Waals surface area contributed by atoms with Gasteiger partial charge in [0.15, 0.2) is 0 Å². The molecule has 0 saturated heterocycles. The second-order valence-corrected chi connectivity index (χ2v) is 7.35. The fourth-order valence-corrected chi connectivity index (χ4v) is 3.28. The summed E-state index contributed by atoms with van der Waals surface area (Å²) in [6.07, 6.45) is -1.24. The number of carbonyl (C=O) groups is 3. The standard InChI is InChI=1S/C23H18Cl2N2O4/c24-17-11-18(25)13-19(12-17)27-23(30)21(15-7-3-1-4-8-15)31-20(28)14-26-22(29)16-9-5-2-6-10-16/h1-13,21H,14H2,(H,26,29)(H,27,30)/t21-/m1/s1. The van der Waals surface area contributed by atoms with E-state index in [2.05, 4.69) is 10.6 Å². The van der Waals surface area contributed by atoms with Crippen LogP contribution in [0.4, 0.5) is 5.69 Å². The van der Waals surface area contributed by atoms with Gasteiger partial charge in [0.2, 0.25) is 6.10 Å². The highest BCUT2D eigenvalue weighted by atomic mass is 35.5. The van der Waals surface area contributed by atoms with Gasteiger partial charge in [-0.15, -0.1) is 0 Å². The molecule has 0 heterocycles. The summed E-state index contributed by atoms with van der Waals surface area (Å²) in [4.78, 5) is 37.4. The molecular formula is C23H18Cl2N2O4. The van der Waals surface area contributed by atoms with Crippen LogP contribution in [0.25, 0.3) is 0 Å². The van der Waals surface area contributed by atoms with Gasteiger partial charge in [0.25, 0.3) is 11.8 Å². The van der Waals surface area contributed by atoms with E-state index >= 15 is 0 Å². The van der Waals surface area contributed by atoms with Gasteiger partial charge in [-0.2, -0.15) is 0 Å². The molecule has 3 aromatic rings. The zero-order valence-corrected chi connectivity index (χ0v) is 17.7. The number of hydrogen-bond acceptors (Lipinski definition) is 4. The van der Waals surface area contributed by atoms with Gasteiger partial charge in [-0.3, -0.25) is 14.4 Å². The average Bonchev–Trinajstić information content (AvgIpc) is 2.76. The van der Waals surface area contributed by atoms with Crippen molar-refractivity contribution in [3.8, 4) is 0 Å². The smallest absolute Gasteiger partial charge is 0.326 e. The fourth-order valence-electron chi connectivity index (χ4n) is 2.75. The molecule has 3 aromatic carbocycles. The summed E-state index contributed by atoms with van der Waals surface area (Å²) in [5, 5.41) is 5.82. The molecule has 0 aliphatic heterocycles. The number of carbonyl (C=O) groups excluding carboxylic acids is 3. The molecule has 0 aromatic heterocycles. The Balaban J connectivity index is 1.69. The molecular weight excluding hydrogens is 439 g/mol. The first kappa shape index (κ1) is 22.3. The number of anilines is 1. The Hall–Kier alpha value is -3.35. The molecule has 6 nitrogen and oxygen atoms in total. The van der Waals surface area contributed by atoms with Crippen molar-refractivity contribution in [1.82, 2.24) is 5.32 Å². The minimum absolute atomic E-state index is 0.347. The molecule has 0 bridgehead atoms. The number of esters is 1. The third-order valence-corrected chi connectivity index (χ3v) is 4.59. The van der Waals surface area contributed by atoms with E-state index in [0.29, 0.717) is 26.9 Å². The molecule has 2 N–H and O–H groups in total. The molecule has 0 spiro atoms. The van der Waals surface area contributed by atoms with Crippen LogP contribution in [0.2, 0.25) is 10.0 Å². The Morgan fingerprint density at radius 2 is 1.42 bits per heavy atom. The summed E-state index contributed by atoms with van der Waals surface area (Å²) in [5.74, 6) is -1.78. The second kappa shape index (κ2) is 10.6. The lowest BCUT2D eigenvalue weighted by atomic mass is 10.1. The highest BCUT2D eigenvalue weighted by molar-refractivity contribution is 6.35. The summed E-state index contributed by atoms with van der Waals surface area (Å²) in [6.45, 7) is -0.396. The number of hydrogen-bond donors (Lipinski definition) is 2. The predicted molar refractivity (Wildman–Crippen MR) is 119 cm³/mol. The van der Waals surface area contributed by atoms with Gasteiger partial charge in [0.1, 0.15) is 6.54 Å². The van der Waals surface area contributed by atoms with Crippen molar-refractivity contribution in [1.29, 1.82) is 0 Å². The molecule has 0 fully saturated rings. The predicted octanol–water partition coefficient (Wildman–Crippen LogP) is 4.65. The van der Waals surface area contributed by atoms with E-state index in [0.717, 1.165) is 0 Å². The fraction of sp³-hybridized carbons (Fsp3) is 0.0870. The minimum atomic E-state index is -1.24. The Kier molecular flexibility index (Phi) is 7.65. The number of halogens is 2. The van der Waals surface area contributed by atoms with Gasteiger partial charge >= 0.3 is 5.97 Å². The number of rotatable bonds is 7. The lowest BCUT2D eigenvalue weighted by molar-refractivity contribution is -0.153. The molecule has 0 aliphatic carbocycles. The summed E-state index contributed by atoms with van der Waals surface area (Å²) < 4.78 is 5.39. The molecule has 0 unspecified atom stereocenters. The summed E-state index contributed by atoms with van der Waals surface area (Å²) in [7, 11) is 0. The lowest BCUT2D eigenvalue weighted by Gasteiger charge is -2.18. The SMILES string of the molecule is O=C(CNC(=O)c1ccccc1)O[C@@H](C(=O)Nc1cc(Cl)cc(Cl)c1)c1ccccc1. The summed E-state index contributed by atoms with van der Waals surface area (Å²) >= 11 is 11.9. The number of ether oxygens (including phenoxy) is 1. The highest BCUT2D eigenvalue weighted by Crippen LogP contribution is 2.25. The van der Waals surface area contributed by atoms with Crippen LogP contribution in [0.5, 0.6) is 0 Å². The van der Waals surface area contributed by atoms with Crippen LogP contribution in [-0.2, 0) is 14.3 Å². The van der Waals surface area contributed by atoms with Gasteiger partial charge in [-0.25, -0.2) is 0 Å². The lowest BCUT2D eigenvalue weighted by Crippen LogP contribution is -2.33. The summed E-state index contributed by atoms with van der Waals surface area (Å²) in [5.41, 5.74) is 1.23. The number of nitrogens with one attached hydrogen (secondary N) is 2. The van der Waals surface area contributed by atoms with Gasteiger partial charge in [-0.1, -0.05) is 71.7 Å². The monoisotopic (exact) mass is 456 g/mol. The number of amides is 2. The van der Waals surface area contributed by atoms with Crippen molar-refractivity contribution in [2.75, 3.05) is 11.9 Å². The van der Waals surface area contributed by atoms with Gasteiger partial charge < -0.3 is 15.4 Å². The van der Waals surface area contributed by atoms with Crippen LogP contribution in [0.3, 0.4) is 0 Å². The highest BCUT2D eigenvalue weighted by Gasteiger charge is 2.25. The third kappa shape index (κ3) is 6.57. The Morgan fingerprint density at radius 1 is 0.839 bits per heavy atom. The van der Waals surface area contributed by atoms with Crippen molar-refractivity contribution in [3.05, 3.63) is 100 Å².